The second-order valence-corrected chi connectivity index (χ2v) is 4.66. The molecule has 0 radical (unpaired) electrons. The van der Waals surface area contributed by atoms with E-state index in [1.54, 1.807) is 12.1 Å². The van der Waals surface area contributed by atoms with E-state index in [0.29, 0.717) is 0 Å². The molecule has 0 unspecified atom stereocenters. The highest BCUT2D eigenvalue weighted by Gasteiger charge is 2.10. The maximum absolute atomic E-state index is 10.6. The Morgan fingerprint density at radius 3 is 2.33 bits per heavy atom. The van der Waals surface area contributed by atoms with Crippen LogP contribution in [0.25, 0.3) is 0 Å². The lowest BCUT2D eigenvalue weighted by Gasteiger charge is -2.28. The summed E-state index contributed by atoms with van der Waals surface area (Å²) in [6.07, 6.45) is 0. The molecule has 1 aliphatic rings. The van der Waals surface area contributed by atoms with Gasteiger partial charge in [0.2, 0.25) is 0 Å². The molecule has 15 heavy (non-hydrogen) atoms. The lowest BCUT2D eigenvalue weighted by atomic mass is 10.2. The topological polar surface area (TPSA) is 43.4 Å². The largest absolute Gasteiger partial charge is 0.545 e. The summed E-state index contributed by atoms with van der Waals surface area (Å²) in [6.45, 7) is 2.07. The van der Waals surface area contributed by atoms with Crippen LogP contribution in [0, 0.1) is 0 Å². The van der Waals surface area contributed by atoms with E-state index < -0.39 is 5.97 Å². The third kappa shape index (κ3) is 2.45. The monoisotopic (exact) mass is 222 g/mol. The average Bonchev–Trinajstić information content (AvgIpc) is 2.30. The van der Waals surface area contributed by atoms with Crippen LogP contribution in [0.4, 0.5) is 5.69 Å². The second kappa shape index (κ2) is 4.57. The van der Waals surface area contributed by atoms with Crippen LogP contribution < -0.4 is 10.0 Å². The number of anilines is 1. The van der Waals surface area contributed by atoms with Gasteiger partial charge in [-0.2, -0.15) is 11.8 Å². The van der Waals surface area contributed by atoms with Gasteiger partial charge in [0, 0.05) is 30.3 Å². The van der Waals surface area contributed by atoms with Gasteiger partial charge in [-0.1, -0.05) is 12.1 Å². The quantitative estimate of drug-likeness (QED) is 0.735. The van der Waals surface area contributed by atoms with Crippen LogP contribution in [-0.2, 0) is 0 Å². The van der Waals surface area contributed by atoms with Gasteiger partial charge in [0.25, 0.3) is 0 Å². The summed E-state index contributed by atoms with van der Waals surface area (Å²) < 4.78 is 0. The van der Waals surface area contributed by atoms with Crippen molar-refractivity contribution in [1.82, 2.24) is 0 Å². The zero-order valence-electron chi connectivity index (χ0n) is 8.31. The van der Waals surface area contributed by atoms with Crippen LogP contribution in [0.1, 0.15) is 10.4 Å². The van der Waals surface area contributed by atoms with Crippen LogP contribution in [0.5, 0.6) is 0 Å². The fourth-order valence-electron chi connectivity index (χ4n) is 1.63. The summed E-state index contributed by atoms with van der Waals surface area (Å²) in [7, 11) is 0. The van der Waals surface area contributed by atoms with Gasteiger partial charge in [0.15, 0.2) is 0 Å². The predicted molar refractivity (Wildman–Crippen MR) is 60.3 cm³/mol. The molecule has 3 nitrogen and oxygen atoms in total. The fourth-order valence-corrected chi connectivity index (χ4v) is 2.53. The molecule has 0 amide bonds. The molecule has 2 rings (SSSR count). The van der Waals surface area contributed by atoms with Gasteiger partial charge in [-0.15, -0.1) is 0 Å². The molecule has 80 valence electrons. The molecule has 1 aliphatic heterocycles. The Bertz CT molecular complexity index is 344. The Balaban J connectivity index is 2.11. The smallest absolute Gasteiger partial charge is 0.0715 e. The van der Waals surface area contributed by atoms with Gasteiger partial charge in [-0.25, -0.2) is 0 Å². The van der Waals surface area contributed by atoms with Crippen molar-refractivity contribution in [2.75, 3.05) is 29.5 Å². The molecule has 0 spiro atoms. The molecule has 1 fully saturated rings. The van der Waals surface area contributed by atoms with Crippen molar-refractivity contribution in [3.8, 4) is 0 Å². The molecule has 0 atom stereocenters. The van der Waals surface area contributed by atoms with Gasteiger partial charge in [0.1, 0.15) is 0 Å². The number of aromatic carboxylic acids is 1. The van der Waals surface area contributed by atoms with Crippen molar-refractivity contribution < 1.29 is 9.90 Å². The molecular formula is C11H12NO2S-. The number of hydrogen-bond donors (Lipinski definition) is 0. The van der Waals surface area contributed by atoms with E-state index in [9.17, 15) is 9.90 Å². The first-order chi connectivity index (χ1) is 7.27. The molecule has 0 saturated carbocycles. The van der Waals surface area contributed by atoms with Crippen LogP contribution in [0.3, 0.4) is 0 Å². The van der Waals surface area contributed by atoms with Gasteiger partial charge >= 0.3 is 0 Å². The van der Waals surface area contributed by atoms with E-state index in [-0.39, 0.29) is 5.56 Å². The first-order valence-electron chi connectivity index (χ1n) is 4.91. The molecule has 0 bridgehead atoms. The second-order valence-electron chi connectivity index (χ2n) is 3.43. The summed E-state index contributed by atoms with van der Waals surface area (Å²) >= 11 is 1.96. The molecule has 1 heterocycles. The third-order valence-electron chi connectivity index (χ3n) is 2.48. The Labute approximate surface area is 93.1 Å². The number of carbonyl (C=O) groups excluding carboxylic acids is 1. The molecule has 1 aromatic rings. The van der Waals surface area contributed by atoms with E-state index in [4.69, 9.17) is 0 Å². The van der Waals surface area contributed by atoms with E-state index in [2.05, 4.69) is 4.90 Å². The number of thioether (sulfide) groups is 1. The average molecular weight is 222 g/mol. The summed E-state index contributed by atoms with van der Waals surface area (Å²) in [4.78, 5) is 12.8. The maximum atomic E-state index is 10.6. The Morgan fingerprint density at radius 1 is 1.20 bits per heavy atom. The number of rotatable bonds is 2. The Morgan fingerprint density at radius 2 is 1.80 bits per heavy atom. The van der Waals surface area contributed by atoms with Crippen molar-refractivity contribution in [3.05, 3.63) is 29.8 Å². The minimum atomic E-state index is -1.12. The van der Waals surface area contributed by atoms with Gasteiger partial charge in [-0.3, -0.25) is 0 Å². The van der Waals surface area contributed by atoms with Crippen molar-refractivity contribution in [2.45, 2.75) is 0 Å². The molecule has 0 aromatic heterocycles. The van der Waals surface area contributed by atoms with Crippen LogP contribution >= 0.6 is 11.8 Å². The molecule has 0 aliphatic carbocycles. The molecule has 0 N–H and O–H groups in total. The van der Waals surface area contributed by atoms with E-state index >= 15 is 0 Å². The van der Waals surface area contributed by atoms with E-state index in [1.165, 1.54) is 0 Å². The number of nitrogens with zero attached hydrogens (tertiary/aromatic N) is 1. The van der Waals surface area contributed by atoms with E-state index in [1.807, 2.05) is 23.9 Å². The maximum Gasteiger partial charge on any atom is 0.0715 e. The van der Waals surface area contributed by atoms with Gasteiger partial charge in [-0.05, 0) is 17.7 Å². The van der Waals surface area contributed by atoms with Crippen molar-refractivity contribution in [2.24, 2.45) is 0 Å². The summed E-state index contributed by atoms with van der Waals surface area (Å²) in [5.74, 6) is 1.17. The number of benzene rings is 1. The number of carboxylic acid groups (broad SMARTS) is 1. The van der Waals surface area contributed by atoms with Crippen LogP contribution in [0.2, 0.25) is 0 Å². The third-order valence-corrected chi connectivity index (χ3v) is 3.42. The van der Waals surface area contributed by atoms with Crippen molar-refractivity contribution in [1.29, 1.82) is 0 Å². The highest BCUT2D eigenvalue weighted by atomic mass is 32.2. The molecule has 1 aromatic carbocycles. The van der Waals surface area contributed by atoms with Gasteiger partial charge in [0.05, 0.1) is 5.97 Å². The summed E-state index contributed by atoms with van der Waals surface area (Å²) in [6, 6.07) is 6.90. The Hall–Kier alpha value is -1.16. The zero-order chi connectivity index (χ0) is 10.7. The normalized spacial score (nSPS) is 16.4. The lowest BCUT2D eigenvalue weighted by molar-refractivity contribution is -0.255. The van der Waals surface area contributed by atoms with Crippen molar-refractivity contribution >= 4 is 23.4 Å². The van der Waals surface area contributed by atoms with E-state index in [0.717, 1.165) is 30.3 Å². The minimum Gasteiger partial charge on any atom is -0.545 e. The summed E-state index contributed by atoms with van der Waals surface area (Å²) in [5.41, 5.74) is 1.34. The number of hydrogen-bond acceptors (Lipinski definition) is 4. The number of carboxylic acids is 1. The SMILES string of the molecule is O=C([O-])c1ccc(N2CCSCC2)cc1. The standard InChI is InChI=1S/C11H13NO2S/c13-11(14)9-1-3-10(4-2-9)12-5-7-15-8-6-12/h1-4H,5-8H2,(H,13,14)/p-1. The lowest BCUT2D eigenvalue weighted by Crippen LogP contribution is -2.32. The van der Waals surface area contributed by atoms with Crippen molar-refractivity contribution in [3.63, 3.8) is 0 Å². The molecular weight excluding hydrogens is 210 g/mol. The number of carbonyl (C=O) groups is 1. The highest BCUT2D eigenvalue weighted by molar-refractivity contribution is 7.99. The van der Waals surface area contributed by atoms with Gasteiger partial charge < -0.3 is 14.8 Å². The zero-order valence-corrected chi connectivity index (χ0v) is 9.13. The first kappa shape index (κ1) is 10.4. The molecule has 4 heteroatoms. The first-order valence-corrected chi connectivity index (χ1v) is 6.07. The molecule has 1 saturated heterocycles. The van der Waals surface area contributed by atoms with Crippen LogP contribution in [-0.4, -0.2) is 30.6 Å². The van der Waals surface area contributed by atoms with Crippen LogP contribution in [0.15, 0.2) is 24.3 Å². The Kier molecular flexibility index (Phi) is 3.16. The highest BCUT2D eigenvalue weighted by Crippen LogP contribution is 2.19. The minimum absolute atomic E-state index is 0.241. The predicted octanol–water partition coefficient (Wildman–Crippen LogP) is 0.603. The fraction of sp³-hybridized carbons (Fsp3) is 0.364. The summed E-state index contributed by atoms with van der Waals surface area (Å²) in [5, 5.41) is 10.6.